The lowest BCUT2D eigenvalue weighted by atomic mass is 9.74. The highest BCUT2D eigenvalue weighted by molar-refractivity contribution is 6.34. The van der Waals surface area contributed by atoms with Gasteiger partial charge in [-0.15, -0.1) is 0 Å². The van der Waals surface area contributed by atoms with Crippen LogP contribution in [0.1, 0.15) is 18.4 Å². The molecule has 2 aromatic rings. The predicted molar refractivity (Wildman–Crippen MR) is 127 cm³/mol. The number of aliphatic imine (C=N–C) groups is 1. The van der Waals surface area contributed by atoms with Gasteiger partial charge in [0.1, 0.15) is 5.41 Å². The number of anilines is 1. The molecule has 2 aliphatic heterocycles. The van der Waals surface area contributed by atoms with Crippen LogP contribution in [0.25, 0.3) is 16.7 Å². The van der Waals surface area contributed by atoms with E-state index in [0.717, 1.165) is 22.3 Å². The fourth-order valence-electron chi connectivity index (χ4n) is 4.49. The molecule has 1 saturated heterocycles. The third-order valence-corrected chi connectivity index (χ3v) is 6.49. The number of amides is 1. The van der Waals surface area contributed by atoms with E-state index in [2.05, 4.69) is 15.1 Å². The summed E-state index contributed by atoms with van der Waals surface area (Å²) in [6.45, 7) is 0.398. The minimum atomic E-state index is -4.68. The van der Waals surface area contributed by atoms with Gasteiger partial charge in [0, 0.05) is 56.1 Å². The first-order chi connectivity index (χ1) is 16.2. The first-order valence-electron chi connectivity index (χ1n) is 10.5. The van der Waals surface area contributed by atoms with E-state index in [-0.39, 0.29) is 25.9 Å². The summed E-state index contributed by atoms with van der Waals surface area (Å²) in [6.07, 6.45) is 1.54. The Bertz CT molecular complexity index is 1180. The fraction of sp³-hybridized carbons (Fsp3) is 0.304. The summed E-state index contributed by atoms with van der Waals surface area (Å²) in [7, 11) is 1.66. The maximum absolute atomic E-state index is 13.5. The van der Waals surface area contributed by atoms with Crippen molar-refractivity contribution in [3.8, 4) is 11.1 Å². The van der Waals surface area contributed by atoms with E-state index in [9.17, 15) is 18.0 Å². The summed E-state index contributed by atoms with van der Waals surface area (Å²) in [4.78, 5) is 22.5. The molecule has 1 aromatic carbocycles. The Labute approximate surface area is 199 Å². The van der Waals surface area contributed by atoms with Crippen molar-refractivity contribution in [1.82, 2.24) is 10.4 Å². The molecule has 1 fully saturated rings. The molecule has 178 valence electrons. The number of hydrazone groups is 1. The molecule has 0 bridgehead atoms. The van der Waals surface area contributed by atoms with Gasteiger partial charge in [0.05, 0.1) is 10.7 Å². The number of hydrogen-bond acceptors (Lipinski definition) is 6. The average molecular weight is 491 g/mol. The van der Waals surface area contributed by atoms with E-state index < -0.39 is 23.2 Å². The zero-order chi connectivity index (χ0) is 24.5. The van der Waals surface area contributed by atoms with E-state index in [0.29, 0.717) is 10.7 Å². The molecular formula is C23H22ClF3N6O. The summed E-state index contributed by atoms with van der Waals surface area (Å²) < 4.78 is 40.5. The fourth-order valence-corrected chi connectivity index (χ4v) is 4.77. The van der Waals surface area contributed by atoms with Crippen LogP contribution in [0.3, 0.4) is 0 Å². The molecule has 0 unspecified atom stereocenters. The number of halogens is 4. The van der Waals surface area contributed by atoms with E-state index >= 15 is 0 Å². The van der Waals surface area contributed by atoms with Crippen molar-refractivity contribution in [2.24, 2.45) is 21.2 Å². The van der Waals surface area contributed by atoms with E-state index in [1.54, 1.807) is 19.5 Å². The highest BCUT2D eigenvalue weighted by Crippen LogP contribution is 2.45. The molecule has 0 aliphatic carbocycles. The number of pyridine rings is 1. The number of aromatic nitrogens is 1. The molecule has 0 atom stereocenters. The van der Waals surface area contributed by atoms with Crippen LogP contribution in [0.4, 0.5) is 18.9 Å². The van der Waals surface area contributed by atoms with Gasteiger partial charge in [-0.1, -0.05) is 35.9 Å². The van der Waals surface area contributed by atoms with Crippen LogP contribution in [-0.4, -0.2) is 49.1 Å². The number of hydrogen-bond donors (Lipinski definition) is 2. The van der Waals surface area contributed by atoms with Gasteiger partial charge >= 0.3 is 6.18 Å². The Kier molecular flexibility index (Phi) is 6.35. The molecular weight excluding hydrogens is 469 g/mol. The van der Waals surface area contributed by atoms with Crippen molar-refractivity contribution in [3.05, 3.63) is 53.4 Å². The number of nitrogens with zero attached hydrogens (tertiary/aromatic N) is 4. The Balaban J connectivity index is 1.63. The lowest BCUT2D eigenvalue weighted by Crippen LogP contribution is -2.51. The summed E-state index contributed by atoms with van der Waals surface area (Å²) in [5.41, 5.74) is 8.83. The minimum absolute atomic E-state index is 0.0325. The zero-order valence-electron chi connectivity index (χ0n) is 18.2. The number of piperidine rings is 1. The maximum Gasteiger partial charge on any atom is 0.432 e. The van der Waals surface area contributed by atoms with Gasteiger partial charge in [-0.2, -0.15) is 18.3 Å². The van der Waals surface area contributed by atoms with Crippen LogP contribution in [0.5, 0.6) is 0 Å². The van der Waals surface area contributed by atoms with E-state index in [1.165, 1.54) is 12.4 Å². The van der Waals surface area contributed by atoms with Gasteiger partial charge in [0.25, 0.3) is 5.91 Å². The first kappa shape index (κ1) is 23.7. The number of benzene rings is 1. The number of rotatable bonds is 4. The van der Waals surface area contributed by atoms with Gasteiger partial charge in [-0.25, -0.2) is 5.43 Å². The summed E-state index contributed by atoms with van der Waals surface area (Å²) in [5.74, 6) is -0.713. The predicted octanol–water partition coefficient (Wildman–Crippen LogP) is 4.04. The molecule has 1 amide bonds. The van der Waals surface area contributed by atoms with Crippen LogP contribution < -0.4 is 16.1 Å². The van der Waals surface area contributed by atoms with Gasteiger partial charge in [-0.05, 0) is 24.0 Å². The Morgan fingerprint density at radius 2 is 1.91 bits per heavy atom. The van der Waals surface area contributed by atoms with E-state index in [1.807, 2.05) is 34.6 Å². The number of allylic oxidation sites excluding steroid dienone is 1. The highest BCUT2D eigenvalue weighted by Gasteiger charge is 2.58. The van der Waals surface area contributed by atoms with Crippen molar-refractivity contribution in [1.29, 1.82) is 0 Å². The largest absolute Gasteiger partial charge is 0.432 e. The SMILES string of the molecule is CN=CC(=CN)c1ccc(-c2cncc(Cl)c2N2CCC3(CC2)C(=O)NN=C3C(F)(F)F)cc1. The number of carbonyl (C=O) groups excluding carboxylic acids is 1. The normalized spacial score (nSPS) is 18.5. The third kappa shape index (κ3) is 4.13. The minimum Gasteiger partial charge on any atom is -0.404 e. The second-order valence-electron chi connectivity index (χ2n) is 8.07. The molecule has 0 radical (unpaired) electrons. The lowest BCUT2D eigenvalue weighted by molar-refractivity contribution is -0.128. The van der Waals surface area contributed by atoms with Crippen LogP contribution in [0.15, 0.2) is 53.0 Å². The van der Waals surface area contributed by atoms with Gasteiger partial charge in [0.15, 0.2) is 5.71 Å². The topological polar surface area (TPSA) is 96.0 Å². The summed E-state index contributed by atoms with van der Waals surface area (Å²) >= 11 is 6.51. The second kappa shape index (κ2) is 9.09. The molecule has 34 heavy (non-hydrogen) atoms. The molecule has 2 aliphatic rings. The third-order valence-electron chi connectivity index (χ3n) is 6.21. The van der Waals surface area contributed by atoms with Crippen LogP contribution in [0, 0.1) is 5.41 Å². The highest BCUT2D eigenvalue weighted by atomic mass is 35.5. The Morgan fingerprint density at radius 3 is 2.50 bits per heavy atom. The quantitative estimate of drug-likeness (QED) is 0.632. The number of carbonyl (C=O) groups is 1. The second-order valence-corrected chi connectivity index (χ2v) is 8.48. The number of alkyl halides is 3. The van der Waals surface area contributed by atoms with Crippen molar-refractivity contribution in [2.45, 2.75) is 19.0 Å². The van der Waals surface area contributed by atoms with Crippen molar-refractivity contribution < 1.29 is 18.0 Å². The number of nitrogens with two attached hydrogens (primary N) is 1. The smallest absolute Gasteiger partial charge is 0.404 e. The Morgan fingerprint density at radius 1 is 1.24 bits per heavy atom. The molecule has 1 spiro atoms. The van der Waals surface area contributed by atoms with Crippen LogP contribution in [0.2, 0.25) is 5.02 Å². The molecule has 0 saturated carbocycles. The molecule has 3 N–H and O–H groups in total. The summed E-state index contributed by atoms with van der Waals surface area (Å²) in [6, 6.07) is 7.56. The van der Waals surface area contributed by atoms with Gasteiger partial charge in [0.2, 0.25) is 0 Å². The van der Waals surface area contributed by atoms with Crippen molar-refractivity contribution in [2.75, 3.05) is 25.0 Å². The standard InChI is InChI=1S/C23H22ClF3N6O/c1-29-11-16(10-28)14-2-4-15(5-3-14)17-12-30-13-18(24)19(17)33-8-6-22(7-9-33)20(23(25,26)27)31-32-21(22)34/h2-5,10-13H,6-9,28H2,1H3,(H,32,34). The molecule has 7 nitrogen and oxygen atoms in total. The maximum atomic E-state index is 13.5. The van der Waals surface area contributed by atoms with Crippen molar-refractivity contribution in [3.63, 3.8) is 0 Å². The zero-order valence-corrected chi connectivity index (χ0v) is 19.0. The van der Waals surface area contributed by atoms with Crippen LogP contribution in [-0.2, 0) is 4.79 Å². The molecule has 3 heterocycles. The van der Waals surface area contributed by atoms with E-state index in [4.69, 9.17) is 17.3 Å². The summed E-state index contributed by atoms with van der Waals surface area (Å²) in [5, 5.41) is 3.68. The lowest BCUT2D eigenvalue weighted by Gasteiger charge is -2.40. The Hall–Kier alpha value is -3.40. The molecule has 4 rings (SSSR count). The van der Waals surface area contributed by atoms with Crippen LogP contribution >= 0.6 is 11.6 Å². The monoisotopic (exact) mass is 490 g/mol. The van der Waals surface area contributed by atoms with Crippen molar-refractivity contribution >= 4 is 40.7 Å². The average Bonchev–Trinajstić information content (AvgIpc) is 3.14. The molecule has 1 aromatic heterocycles. The first-order valence-corrected chi connectivity index (χ1v) is 10.9. The number of nitrogens with one attached hydrogen (secondary N) is 1. The molecule has 11 heteroatoms. The van der Waals surface area contributed by atoms with Gasteiger partial charge in [-0.3, -0.25) is 14.8 Å². The van der Waals surface area contributed by atoms with Gasteiger partial charge < -0.3 is 10.6 Å².